The summed E-state index contributed by atoms with van der Waals surface area (Å²) in [4.78, 5) is 27.2. The van der Waals surface area contributed by atoms with Crippen LogP contribution in [-0.4, -0.2) is 43.0 Å². The topological polar surface area (TPSA) is 67.9 Å². The Kier molecular flexibility index (Phi) is 9.17. The molecular formula is C23H29BrN2O4. The zero-order chi connectivity index (χ0) is 22.1. The molecule has 0 saturated heterocycles. The van der Waals surface area contributed by atoms with Crippen LogP contribution in [0.2, 0.25) is 0 Å². The lowest BCUT2D eigenvalue weighted by Crippen LogP contribution is -2.49. The highest BCUT2D eigenvalue weighted by molar-refractivity contribution is 9.10. The maximum atomic E-state index is 13.0. The predicted molar refractivity (Wildman–Crippen MR) is 120 cm³/mol. The third kappa shape index (κ3) is 7.37. The van der Waals surface area contributed by atoms with Gasteiger partial charge in [-0.05, 0) is 54.8 Å². The number of methoxy groups -OCH3 is 1. The summed E-state index contributed by atoms with van der Waals surface area (Å²) in [6.07, 6.45) is 0. The smallest absolute Gasteiger partial charge is 0.261 e. The van der Waals surface area contributed by atoms with Crippen LogP contribution in [0.25, 0.3) is 0 Å². The van der Waals surface area contributed by atoms with Crippen molar-refractivity contribution >= 4 is 27.7 Å². The fourth-order valence-corrected chi connectivity index (χ4v) is 3.21. The molecule has 7 heteroatoms. The van der Waals surface area contributed by atoms with Crippen molar-refractivity contribution in [2.45, 2.75) is 33.4 Å². The van der Waals surface area contributed by atoms with Crippen LogP contribution in [-0.2, 0) is 16.1 Å². The Hall–Kier alpha value is -2.54. The van der Waals surface area contributed by atoms with Crippen molar-refractivity contribution in [1.82, 2.24) is 10.2 Å². The zero-order valence-corrected chi connectivity index (χ0v) is 19.4. The van der Waals surface area contributed by atoms with Gasteiger partial charge in [0.25, 0.3) is 5.91 Å². The van der Waals surface area contributed by atoms with Crippen molar-refractivity contribution < 1.29 is 19.1 Å². The highest BCUT2D eigenvalue weighted by Crippen LogP contribution is 2.18. The molecule has 0 radical (unpaired) electrons. The van der Waals surface area contributed by atoms with Gasteiger partial charge in [0, 0.05) is 17.6 Å². The minimum atomic E-state index is -0.630. The van der Waals surface area contributed by atoms with Gasteiger partial charge < -0.3 is 19.7 Å². The normalized spacial score (nSPS) is 11.7. The van der Waals surface area contributed by atoms with Gasteiger partial charge in [0.2, 0.25) is 5.91 Å². The van der Waals surface area contributed by atoms with Crippen molar-refractivity contribution in [2.24, 2.45) is 5.92 Å². The molecule has 0 bridgehead atoms. The standard InChI is InChI=1S/C23H29BrN2O4/c1-16(2)13-25-23(28)17(3)26(14-18-6-5-7-19(24)12-18)22(27)15-30-21-10-8-20(29-4)9-11-21/h5-12,16-17H,13-15H2,1-4H3,(H,25,28)/t17-/m1/s1. The Morgan fingerprint density at radius 2 is 1.73 bits per heavy atom. The fourth-order valence-electron chi connectivity index (χ4n) is 2.77. The largest absolute Gasteiger partial charge is 0.497 e. The van der Waals surface area contributed by atoms with Crippen LogP contribution in [0, 0.1) is 5.92 Å². The first-order valence-corrected chi connectivity index (χ1v) is 10.7. The SMILES string of the molecule is COc1ccc(OCC(=O)N(Cc2cccc(Br)c2)[C@H](C)C(=O)NCC(C)C)cc1. The number of nitrogens with zero attached hydrogens (tertiary/aromatic N) is 1. The number of halogens is 1. The second-order valence-corrected chi connectivity index (χ2v) is 8.35. The molecule has 30 heavy (non-hydrogen) atoms. The molecule has 1 atom stereocenters. The van der Waals surface area contributed by atoms with Crippen LogP contribution in [0.1, 0.15) is 26.3 Å². The highest BCUT2D eigenvalue weighted by Gasteiger charge is 2.26. The molecule has 2 rings (SSSR count). The van der Waals surface area contributed by atoms with Gasteiger partial charge in [-0.1, -0.05) is 41.9 Å². The number of carbonyl (C=O) groups excluding carboxylic acids is 2. The van der Waals surface area contributed by atoms with E-state index in [1.54, 1.807) is 43.2 Å². The second-order valence-electron chi connectivity index (χ2n) is 7.43. The van der Waals surface area contributed by atoms with E-state index in [1.165, 1.54) is 0 Å². The van der Waals surface area contributed by atoms with Crippen LogP contribution in [0.3, 0.4) is 0 Å². The van der Waals surface area contributed by atoms with Gasteiger partial charge in [-0.15, -0.1) is 0 Å². The summed E-state index contributed by atoms with van der Waals surface area (Å²) in [6.45, 7) is 6.49. The average molecular weight is 477 g/mol. The molecule has 0 aliphatic heterocycles. The van der Waals surface area contributed by atoms with E-state index in [2.05, 4.69) is 21.2 Å². The van der Waals surface area contributed by atoms with Gasteiger partial charge in [0.15, 0.2) is 6.61 Å². The number of nitrogens with one attached hydrogen (secondary N) is 1. The molecule has 0 heterocycles. The first-order valence-electron chi connectivity index (χ1n) is 9.88. The van der Waals surface area contributed by atoms with E-state index in [9.17, 15) is 9.59 Å². The Balaban J connectivity index is 2.11. The Labute approximate surface area is 186 Å². The molecular weight excluding hydrogens is 448 g/mol. The van der Waals surface area contributed by atoms with E-state index in [4.69, 9.17) is 9.47 Å². The number of rotatable bonds is 10. The zero-order valence-electron chi connectivity index (χ0n) is 17.9. The highest BCUT2D eigenvalue weighted by atomic mass is 79.9. The molecule has 2 amide bonds. The lowest BCUT2D eigenvalue weighted by molar-refractivity contribution is -0.142. The van der Waals surface area contributed by atoms with E-state index in [-0.39, 0.29) is 18.4 Å². The van der Waals surface area contributed by atoms with Gasteiger partial charge in [0.05, 0.1) is 7.11 Å². The minimum Gasteiger partial charge on any atom is -0.497 e. The molecule has 0 unspecified atom stereocenters. The maximum absolute atomic E-state index is 13.0. The number of benzene rings is 2. The van der Waals surface area contributed by atoms with E-state index < -0.39 is 6.04 Å². The summed E-state index contributed by atoms with van der Waals surface area (Å²) in [7, 11) is 1.59. The number of hydrogen-bond acceptors (Lipinski definition) is 4. The van der Waals surface area contributed by atoms with Crippen molar-refractivity contribution in [1.29, 1.82) is 0 Å². The summed E-state index contributed by atoms with van der Waals surface area (Å²) in [6, 6.07) is 14.1. The number of carbonyl (C=O) groups is 2. The van der Waals surface area contributed by atoms with Gasteiger partial charge in [0.1, 0.15) is 17.5 Å². The molecule has 162 valence electrons. The van der Waals surface area contributed by atoms with Crippen LogP contribution < -0.4 is 14.8 Å². The molecule has 0 saturated carbocycles. The molecule has 6 nitrogen and oxygen atoms in total. The Morgan fingerprint density at radius 1 is 1.07 bits per heavy atom. The van der Waals surface area contributed by atoms with Crippen LogP contribution in [0.5, 0.6) is 11.5 Å². The monoisotopic (exact) mass is 476 g/mol. The number of amides is 2. The van der Waals surface area contributed by atoms with Crippen molar-refractivity contribution in [3.63, 3.8) is 0 Å². The predicted octanol–water partition coefficient (Wildman–Crippen LogP) is 4.03. The molecule has 0 aliphatic rings. The third-order valence-electron chi connectivity index (χ3n) is 4.52. The van der Waals surface area contributed by atoms with Gasteiger partial charge in [-0.25, -0.2) is 0 Å². The molecule has 0 aromatic heterocycles. The van der Waals surface area contributed by atoms with Gasteiger partial charge in [-0.2, -0.15) is 0 Å². The second kappa shape index (κ2) is 11.6. The van der Waals surface area contributed by atoms with Crippen LogP contribution >= 0.6 is 15.9 Å². The molecule has 2 aromatic rings. The first kappa shape index (κ1) is 23.7. The van der Waals surface area contributed by atoms with Gasteiger partial charge in [-0.3, -0.25) is 9.59 Å². The summed E-state index contributed by atoms with van der Waals surface area (Å²) < 4.78 is 11.7. The van der Waals surface area contributed by atoms with Crippen molar-refractivity contribution in [3.8, 4) is 11.5 Å². The summed E-state index contributed by atoms with van der Waals surface area (Å²) >= 11 is 3.45. The molecule has 0 spiro atoms. The van der Waals surface area contributed by atoms with Crippen LogP contribution in [0.15, 0.2) is 53.0 Å². The quantitative estimate of drug-likeness (QED) is 0.561. The van der Waals surface area contributed by atoms with Crippen molar-refractivity contribution in [3.05, 3.63) is 58.6 Å². The molecule has 0 aliphatic carbocycles. The maximum Gasteiger partial charge on any atom is 0.261 e. The summed E-state index contributed by atoms with van der Waals surface area (Å²) in [5, 5.41) is 2.90. The first-order chi connectivity index (χ1) is 14.3. The van der Waals surface area contributed by atoms with E-state index in [0.29, 0.717) is 30.5 Å². The average Bonchev–Trinajstić information content (AvgIpc) is 2.74. The molecule has 1 N–H and O–H groups in total. The third-order valence-corrected chi connectivity index (χ3v) is 5.01. The van der Waals surface area contributed by atoms with E-state index in [0.717, 1.165) is 10.0 Å². The Morgan fingerprint density at radius 3 is 2.33 bits per heavy atom. The fraction of sp³-hybridized carbons (Fsp3) is 0.391. The van der Waals surface area contributed by atoms with E-state index in [1.807, 2.05) is 38.1 Å². The summed E-state index contributed by atoms with van der Waals surface area (Å²) in [5.41, 5.74) is 0.922. The Bertz CT molecular complexity index is 839. The lowest BCUT2D eigenvalue weighted by Gasteiger charge is -2.29. The lowest BCUT2D eigenvalue weighted by atomic mass is 10.1. The number of ether oxygens (including phenoxy) is 2. The van der Waals surface area contributed by atoms with Crippen LogP contribution in [0.4, 0.5) is 0 Å². The molecule has 0 fully saturated rings. The molecule has 2 aromatic carbocycles. The minimum absolute atomic E-state index is 0.165. The number of hydrogen-bond donors (Lipinski definition) is 1. The van der Waals surface area contributed by atoms with Crippen molar-refractivity contribution in [2.75, 3.05) is 20.3 Å². The summed E-state index contributed by atoms with van der Waals surface area (Å²) in [5.74, 6) is 1.15. The van der Waals surface area contributed by atoms with E-state index >= 15 is 0 Å². The van der Waals surface area contributed by atoms with Gasteiger partial charge >= 0.3 is 0 Å².